The first kappa shape index (κ1) is 7.78. The Hall–Kier alpha value is -1.32. The molecule has 1 aromatic heterocycles. The van der Waals surface area contributed by atoms with Crippen LogP contribution in [0.2, 0.25) is 0 Å². The normalized spacial score (nSPS) is 10.5. The Kier molecular flexibility index (Phi) is 1.94. The first-order chi connectivity index (χ1) is 5.11. The Morgan fingerprint density at radius 2 is 2.36 bits per heavy atom. The minimum atomic E-state index is -0.0469. The van der Waals surface area contributed by atoms with Crippen molar-refractivity contribution in [2.24, 2.45) is 5.92 Å². The van der Waals surface area contributed by atoms with Gasteiger partial charge in [-0.2, -0.15) is 0 Å². The van der Waals surface area contributed by atoms with Gasteiger partial charge in [0.1, 0.15) is 5.82 Å². The quantitative estimate of drug-likeness (QED) is 0.648. The lowest BCUT2D eigenvalue weighted by Crippen LogP contribution is -2.17. The molecule has 0 aliphatic heterocycles. The van der Waals surface area contributed by atoms with Crippen molar-refractivity contribution >= 4 is 11.7 Å². The van der Waals surface area contributed by atoms with Gasteiger partial charge < -0.3 is 5.73 Å². The summed E-state index contributed by atoms with van der Waals surface area (Å²) in [5.74, 6) is 0.287. The number of aromatic nitrogens is 2. The molecule has 0 amide bonds. The highest BCUT2D eigenvalue weighted by Crippen LogP contribution is 2.01. The van der Waals surface area contributed by atoms with E-state index in [2.05, 4.69) is 5.10 Å². The van der Waals surface area contributed by atoms with Crippen LogP contribution in [-0.2, 0) is 0 Å². The molecular weight excluding hydrogens is 142 g/mol. The molecule has 0 aliphatic rings. The molecule has 0 radical (unpaired) electrons. The molecule has 0 saturated heterocycles. The fourth-order valence-corrected chi connectivity index (χ4v) is 0.725. The second-order valence-corrected chi connectivity index (χ2v) is 2.68. The molecule has 1 heterocycles. The number of hydrogen-bond acceptors (Lipinski definition) is 3. The Morgan fingerprint density at radius 3 is 2.73 bits per heavy atom. The van der Waals surface area contributed by atoms with E-state index in [1.807, 2.05) is 13.8 Å². The van der Waals surface area contributed by atoms with Crippen molar-refractivity contribution < 1.29 is 4.79 Å². The van der Waals surface area contributed by atoms with E-state index >= 15 is 0 Å². The van der Waals surface area contributed by atoms with E-state index in [0.29, 0.717) is 5.82 Å². The van der Waals surface area contributed by atoms with E-state index in [0.717, 1.165) is 0 Å². The molecule has 0 aromatic carbocycles. The van der Waals surface area contributed by atoms with Gasteiger partial charge in [0.2, 0.25) is 5.91 Å². The predicted octanol–water partition coefficient (Wildman–Crippen LogP) is 0.761. The van der Waals surface area contributed by atoms with Gasteiger partial charge in [-0.25, -0.2) is 4.68 Å². The zero-order valence-corrected chi connectivity index (χ0v) is 6.61. The Balaban J connectivity index is 2.85. The van der Waals surface area contributed by atoms with E-state index in [4.69, 9.17) is 5.73 Å². The third-order valence-electron chi connectivity index (χ3n) is 1.33. The Bertz CT molecular complexity index is 264. The van der Waals surface area contributed by atoms with Crippen LogP contribution in [-0.4, -0.2) is 15.7 Å². The summed E-state index contributed by atoms with van der Waals surface area (Å²) in [6.07, 6.45) is 1.57. The highest BCUT2D eigenvalue weighted by molar-refractivity contribution is 5.80. The van der Waals surface area contributed by atoms with Crippen LogP contribution in [0.15, 0.2) is 12.3 Å². The summed E-state index contributed by atoms with van der Waals surface area (Å²) in [7, 11) is 0. The lowest BCUT2D eigenvalue weighted by molar-refractivity contribution is 0.0839. The number of nitrogens with two attached hydrogens (primary N) is 1. The van der Waals surface area contributed by atoms with Crippen molar-refractivity contribution in [3.63, 3.8) is 0 Å². The summed E-state index contributed by atoms with van der Waals surface area (Å²) in [6, 6.07) is 1.60. The van der Waals surface area contributed by atoms with E-state index in [1.54, 1.807) is 12.3 Å². The third kappa shape index (κ3) is 1.58. The molecule has 0 bridgehead atoms. The summed E-state index contributed by atoms with van der Waals surface area (Å²) in [5, 5.41) is 3.78. The first-order valence-electron chi connectivity index (χ1n) is 3.46. The lowest BCUT2D eigenvalue weighted by Gasteiger charge is -2.01. The van der Waals surface area contributed by atoms with Crippen molar-refractivity contribution in [1.82, 2.24) is 9.78 Å². The fourth-order valence-electron chi connectivity index (χ4n) is 0.725. The SMILES string of the molecule is CC(C)C(=O)n1ccc(N)n1. The van der Waals surface area contributed by atoms with Gasteiger partial charge >= 0.3 is 0 Å². The molecule has 0 saturated carbocycles. The van der Waals surface area contributed by atoms with Crippen molar-refractivity contribution in [2.75, 3.05) is 5.73 Å². The summed E-state index contributed by atoms with van der Waals surface area (Å²) in [6.45, 7) is 3.64. The van der Waals surface area contributed by atoms with Crippen LogP contribution >= 0.6 is 0 Å². The van der Waals surface area contributed by atoms with Crippen molar-refractivity contribution in [1.29, 1.82) is 0 Å². The highest BCUT2D eigenvalue weighted by atomic mass is 16.2. The van der Waals surface area contributed by atoms with E-state index in [1.165, 1.54) is 4.68 Å². The Labute approximate surface area is 65.0 Å². The lowest BCUT2D eigenvalue weighted by atomic mass is 10.2. The molecule has 2 N–H and O–H groups in total. The molecule has 0 atom stereocenters. The number of anilines is 1. The summed E-state index contributed by atoms with van der Waals surface area (Å²) in [5.41, 5.74) is 5.33. The minimum absolute atomic E-state index is 0.0401. The molecule has 0 spiro atoms. The van der Waals surface area contributed by atoms with Crippen molar-refractivity contribution in [3.8, 4) is 0 Å². The molecular formula is C7H11N3O. The molecule has 11 heavy (non-hydrogen) atoms. The van der Waals surface area contributed by atoms with E-state index < -0.39 is 0 Å². The number of carbonyl (C=O) groups excluding carboxylic acids is 1. The van der Waals surface area contributed by atoms with Gasteiger partial charge in [-0.05, 0) is 0 Å². The van der Waals surface area contributed by atoms with E-state index in [-0.39, 0.29) is 11.8 Å². The van der Waals surface area contributed by atoms with Crippen molar-refractivity contribution in [2.45, 2.75) is 13.8 Å². The average molecular weight is 153 g/mol. The highest BCUT2D eigenvalue weighted by Gasteiger charge is 2.09. The van der Waals surface area contributed by atoms with Crippen LogP contribution in [0.5, 0.6) is 0 Å². The zero-order chi connectivity index (χ0) is 8.43. The Morgan fingerprint density at radius 1 is 1.73 bits per heavy atom. The predicted molar refractivity (Wildman–Crippen MR) is 42.1 cm³/mol. The van der Waals surface area contributed by atoms with Gasteiger partial charge in [0.15, 0.2) is 0 Å². The van der Waals surface area contributed by atoms with Gasteiger partial charge in [-0.1, -0.05) is 13.8 Å². The number of nitrogens with zero attached hydrogens (tertiary/aromatic N) is 2. The van der Waals surface area contributed by atoms with Crippen LogP contribution in [0, 0.1) is 5.92 Å². The van der Waals surface area contributed by atoms with Gasteiger partial charge in [0.05, 0.1) is 0 Å². The van der Waals surface area contributed by atoms with Crippen LogP contribution in [0.1, 0.15) is 18.6 Å². The molecule has 4 nitrogen and oxygen atoms in total. The largest absolute Gasteiger partial charge is 0.382 e. The number of rotatable bonds is 1. The second-order valence-electron chi connectivity index (χ2n) is 2.68. The summed E-state index contributed by atoms with van der Waals surface area (Å²) >= 11 is 0. The number of nitrogen functional groups attached to an aromatic ring is 1. The topological polar surface area (TPSA) is 60.9 Å². The second kappa shape index (κ2) is 2.74. The molecule has 0 fully saturated rings. The maximum absolute atomic E-state index is 11.2. The number of hydrogen-bond donors (Lipinski definition) is 1. The molecule has 0 aliphatic carbocycles. The van der Waals surface area contributed by atoms with Crippen LogP contribution in [0.25, 0.3) is 0 Å². The number of carbonyl (C=O) groups is 1. The smallest absolute Gasteiger partial charge is 0.249 e. The van der Waals surface area contributed by atoms with Gasteiger partial charge in [0, 0.05) is 18.2 Å². The standard InChI is InChI=1S/C7H11N3O/c1-5(2)7(11)10-4-3-6(8)9-10/h3-5H,1-2H3,(H2,8,9). The van der Waals surface area contributed by atoms with Gasteiger partial charge in [0.25, 0.3) is 0 Å². The zero-order valence-electron chi connectivity index (χ0n) is 6.61. The molecule has 4 heteroatoms. The molecule has 0 unspecified atom stereocenters. The molecule has 1 rings (SSSR count). The van der Waals surface area contributed by atoms with Crippen LogP contribution in [0.3, 0.4) is 0 Å². The fraction of sp³-hybridized carbons (Fsp3) is 0.429. The minimum Gasteiger partial charge on any atom is -0.382 e. The molecule has 1 aromatic rings. The monoisotopic (exact) mass is 153 g/mol. The third-order valence-corrected chi connectivity index (χ3v) is 1.33. The summed E-state index contributed by atoms with van der Waals surface area (Å²) < 4.78 is 1.26. The van der Waals surface area contributed by atoms with Gasteiger partial charge in [-0.15, -0.1) is 5.10 Å². The van der Waals surface area contributed by atoms with E-state index in [9.17, 15) is 4.79 Å². The van der Waals surface area contributed by atoms with Crippen molar-refractivity contribution in [3.05, 3.63) is 12.3 Å². The van der Waals surface area contributed by atoms with Crippen LogP contribution < -0.4 is 5.73 Å². The van der Waals surface area contributed by atoms with Gasteiger partial charge in [-0.3, -0.25) is 4.79 Å². The maximum atomic E-state index is 11.2. The average Bonchev–Trinajstić information content (AvgIpc) is 2.34. The summed E-state index contributed by atoms with van der Waals surface area (Å²) in [4.78, 5) is 11.2. The first-order valence-corrected chi connectivity index (χ1v) is 3.46. The van der Waals surface area contributed by atoms with Crippen LogP contribution in [0.4, 0.5) is 5.82 Å². The molecule has 60 valence electrons. The maximum Gasteiger partial charge on any atom is 0.249 e.